The van der Waals surface area contributed by atoms with E-state index < -0.39 is 20.6 Å². The third-order valence-electron chi connectivity index (χ3n) is 3.27. The molecule has 104 valence electrons. The Labute approximate surface area is 113 Å². The van der Waals surface area contributed by atoms with Gasteiger partial charge in [0, 0.05) is 12.8 Å². The summed E-state index contributed by atoms with van der Waals surface area (Å²) < 4.78 is 24.2. The van der Waals surface area contributed by atoms with Gasteiger partial charge in [0.05, 0.1) is 27.7 Å². The predicted octanol–water partition coefficient (Wildman–Crippen LogP) is 1.77. The molecule has 0 radical (unpaired) electrons. The van der Waals surface area contributed by atoms with Crippen molar-refractivity contribution in [2.75, 3.05) is 6.26 Å². The maximum Gasteiger partial charge on any atom is 0.154 e. The second-order valence-corrected chi connectivity index (χ2v) is 7.96. The van der Waals surface area contributed by atoms with Crippen molar-refractivity contribution in [1.29, 1.82) is 0 Å². The van der Waals surface area contributed by atoms with Gasteiger partial charge in [0.15, 0.2) is 9.84 Å². The van der Waals surface area contributed by atoms with Crippen LogP contribution in [0.25, 0.3) is 0 Å². The van der Waals surface area contributed by atoms with Gasteiger partial charge in [-0.25, -0.2) is 8.42 Å². The van der Waals surface area contributed by atoms with Gasteiger partial charge in [-0.3, -0.25) is 4.68 Å². The Kier molecular flexibility index (Phi) is 4.46. The fraction of sp³-hybridized carbons (Fsp3) is 0.727. The number of sulfone groups is 1. The first-order chi connectivity index (χ1) is 8.13. The van der Waals surface area contributed by atoms with Crippen molar-refractivity contribution in [2.24, 2.45) is 5.73 Å². The van der Waals surface area contributed by atoms with E-state index in [4.69, 9.17) is 17.3 Å². The Morgan fingerprint density at radius 2 is 2.11 bits per heavy atom. The Bertz CT molecular complexity index is 522. The summed E-state index contributed by atoms with van der Waals surface area (Å²) in [6, 6.07) is -0.714. The van der Waals surface area contributed by atoms with Gasteiger partial charge in [-0.1, -0.05) is 18.5 Å². The zero-order valence-corrected chi connectivity index (χ0v) is 12.7. The molecular weight excluding hydrogens is 274 g/mol. The van der Waals surface area contributed by atoms with Crippen LogP contribution in [-0.4, -0.2) is 29.2 Å². The average molecular weight is 294 g/mol. The minimum absolute atomic E-state index is 0.410. The highest BCUT2D eigenvalue weighted by Crippen LogP contribution is 2.33. The van der Waals surface area contributed by atoms with Crippen LogP contribution >= 0.6 is 11.6 Å². The molecule has 2 N–H and O–H groups in total. The quantitative estimate of drug-likeness (QED) is 0.897. The van der Waals surface area contributed by atoms with E-state index in [0.29, 0.717) is 17.3 Å². The van der Waals surface area contributed by atoms with Gasteiger partial charge >= 0.3 is 0 Å². The van der Waals surface area contributed by atoms with Crippen LogP contribution in [0, 0.1) is 0 Å². The topological polar surface area (TPSA) is 78.0 Å². The van der Waals surface area contributed by atoms with E-state index >= 15 is 0 Å². The van der Waals surface area contributed by atoms with Gasteiger partial charge in [0.1, 0.15) is 0 Å². The van der Waals surface area contributed by atoms with E-state index in [1.807, 2.05) is 6.92 Å². The summed E-state index contributed by atoms with van der Waals surface area (Å²) in [5, 5.41) is 4.54. The van der Waals surface area contributed by atoms with Crippen molar-refractivity contribution in [3.8, 4) is 0 Å². The first kappa shape index (κ1) is 15.5. The number of nitrogens with zero attached hydrogens (tertiary/aromatic N) is 2. The van der Waals surface area contributed by atoms with E-state index in [-0.39, 0.29) is 0 Å². The van der Waals surface area contributed by atoms with Crippen molar-refractivity contribution in [3.05, 3.63) is 16.9 Å². The summed E-state index contributed by atoms with van der Waals surface area (Å²) in [5.41, 5.74) is 6.69. The van der Waals surface area contributed by atoms with Crippen LogP contribution < -0.4 is 5.73 Å². The number of halogens is 1. The van der Waals surface area contributed by atoms with E-state index in [0.717, 1.165) is 6.42 Å². The molecule has 1 aromatic heterocycles. The van der Waals surface area contributed by atoms with Gasteiger partial charge in [-0.05, 0) is 20.3 Å². The van der Waals surface area contributed by atoms with Gasteiger partial charge in [-0.2, -0.15) is 5.10 Å². The predicted molar refractivity (Wildman–Crippen MR) is 73.4 cm³/mol. The van der Waals surface area contributed by atoms with Crippen molar-refractivity contribution in [2.45, 2.75) is 44.5 Å². The minimum Gasteiger partial charge on any atom is -0.321 e. The molecule has 1 rings (SSSR count). The standard InChI is InChI=1S/C11H20ClN3O2S/c1-5-6-15-9(8(12)7-14-15)10(13)11(2,3)18(4,16)17/h7,10H,5-6,13H2,1-4H3. The zero-order valence-electron chi connectivity index (χ0n) is 11.1. The van der Waals surface area contributed by atoms with Crippen molar-refractivity contribution in [1.82, 2.24) is 9.78 Å². The normalized spacial score (nSPS) is 14.8. The van der Waals surface area contributed by atoms with E-state index in [1.165, 1.54) is 12.5 Å². The number of aryl methyl sites for hydroxylation is 1. The first-order valence-corrected chi connectivity index (χ1v) is 8.06. The lowest BCUT2D eigenvalue weighted by Crippen LogP contribution is -2.43. The number of aromatic nitrogens is 2. The largest absolute Gasteiger partial charge is 0.321 e. The summed E-state index contributed by atoms with van der Waals surface area (Å²) in [5.74, 6) is 0. The lowest BCUT2D eigenvalue weighted by atomic mass is 10.0. The second kappa shape index (κ2) is 5.19. The number of hydrogen-bond acceptors (Lipinski definition) is 4. The molecule has 0 aliphatic rings. The molecule has 0 amide bonds. The molecule has 0 aliphatic carbocycles. The first-order valence-electron chi connectivity index (χ1n) is 5.79. The lowest BCUT2D eigenvalue weighted by Gasteiger charge is -2.30. The van der Waals surface area contributed by atoms with Gasteiger partial charge < -0.3 is 5.73 Å². The Morgan fingerprint density at radius 3 is 2.56 bits per heavy atom. The number of hydrogen-bond donors (Lipinski definition) is 1. The molecule has 18 heavy (non-hydrogen) atoms. The SMILES string of the molecule is CCCn1ncc(Cl)c1C(N)C(C)(C)S(C)(=O)=O. The molecule has 0 saturated carbocycles. The Balaban J connectivity index is 3.26. The maximum atomic E-state index is 11.8. The van der Waals surface area contributed by atoms with Crippen LogP contribution in [0.5, 0.6) is 0 Å². The third kappa shape index (κ3) is 2.70. The smallest absolute Gasteiger partial charge is 0.154 e. The third-order valence-corrected chi connectivity index (χ3v) is 5.72. The molecule has 0 spiro atoms. The van der Waals surface area contributed by atoms with Crippen LogP contribution in [0.3, 0.4) is 0 Å². The molecule has 7 heteroatoms. The molecule has 0 aromatic carbocycles. The van der Waals surface area contributed by atoms with Gasteiger partial charge in [0.25, 0.3) is 0 Å². The molecule has 1 atom stereocenters. The fourth-order valence-corrected chi connectivity index (χ4v) is 2.46. The van der Waals surface area contributed by atoms with Crippen molar-refractivity contribution in [3.63, 3.8) is 0 Å². The number of nitrogens with two attached hydrogens (primary N) is 1. The lowest BCUT2D eigenvalue weighted by molar-refractivity contribution is 0.458. The molecule has 1 unspecified atom stereocenters. The summed E-state index contributed by atoms with van der Waals surface area (Å²) >= 11 is 6.07. The van der Waals surface area contributed by atoms with Crippen molar-refractivity contribution >= 4 is 21.4 Å². The highest BCUT2D eigenvalue weighted by atomic mass is 35.5. The van der Waals surface area contributed by atoms with Crippen LogP contribution in [0.1, 0.15) is 38.9 Å². The molecular formula is C11H20ClN3O2S. The Morgan fingerprint density at radius 1 is 1.56 bits per heavy atom. The molecule has 5 nitrogen and oxygen atoms in total. The molecule has 0 bridgehead atoms. The maximum absolute atomic E-state index is 11.8. The molecule has 1 heterocycles. The molecule has 0 aliphatic heterocycles. The van der Waals surface area contributed by atoms with E-state index in [9.17, 15) is 8.42 Å². The van der Waals surface area contributed by atoms with Gasteiger partial charge in [-0.15, -0.1) is 0 Å². The summed E-state index contributed by atoms with van der Waals surface area (Å²) in [4.78, 5) is 0. The van der Waals surface area contributed by atoms with Crippen LogP contribution in [0.15, 0.2) is 6.20 Å². The monoisotopic (exact) mass is 293 g/mol. The van der Waals surface area contributed by atoms with E-state index in [1.54, 1.807) is 18.5 Å². The average Bonchev–Trinajstić information content (AvgIpc) is 2.58. The Hall–Kier alpha value is -0.590. The summed E-state index contributed by atoms with van der Waals surface area (Å²) in [7, 11) is -3.30. The molecule has 0 fully saturated rings. The van der Waals surface area contributed by atoms with Gasteiger partial charge in [0.2, 0.25) is 0 Å². The highest BCUT2D eigenvalue weighted by Gasteiger charge is 2.40. The number of rotatable bonds is 5. The van der Waals surface area contributed by atoms with Crippen LogP contribution in [0.4, 0.5) is 0 Å². The van der Waals surface area contributed by atoms with E-state index in [2.05, 4.69) is 5.10 Å². The summed E-state index contributed by atoms with van der Waals surface area (Å²) in [6.45, 7) is 5.88. The zero-order chi connectivity index (χ0) is 14.1. The van der Waals surface area contributed by atoms with Crippen molar-refractivity contribution < 1.29 is 8.42 Å². The van der Waals surface area contributed by atoms with Crippen LogP contribution in [-0.2, 0) is 16.4 Å². The summed E-state index contributed by atoms with van der Waals surface area (Å²) in [6.07, 6.45) is 3.56. The van der Waals surface area contributed by atoms with Crippen LogP contribution in [0.2, 0.25) is 5.02 Å². The highest BCUT2D eigenvalue weighted by molar-refractivity contribution is 7.92. The fourth-order valence-electron chi connectivity index (χ4n) is 1.63. The second-order valence-electron chi connectivity index (χ2n) is 4.95. The minimum atomic E-state index is -3.30. The molecule has 0 saturated heterocycles. The molecule has 1 aromatic rings.